The number of nitrogens with zero attached hydrogens (tertiary/aromatic N) is 6. The minimum absolute atomic E-state index is 0. The first-order chi connectivity index (χ1) is 52.1. The molecule has 1 aliphatic rings. The van der Waals surface area contributed by atoms with Gasteiger partial charge in [0.05, 0.1) is 28.4 Å². The van der Waals surface area contributed by atoms with Crippen LogP contribution in [-0.2, 0) is 108 Å². The molecule has 0 saturated carbocycles. The van der Waals surface area contributed by atoms with Gasteiger partial charge in [-0.2, -0.15) is 11.6 Å². The summed E-state index contributed by atoms with van der Waals surface area (Å²) in [5.74, 6) is -0.473. The van der Waals surface area contributed by atoms with E-state index in [0.29, 0.717) is 55.7 Å². The Morgan fingerprint density at radius 1 is 0.766 bits per heavy atom. The van der Waals surface area contributed by atoms with Gasteiger partial charge in [0, 0.05) is 126 Å². The van der Waals surface area contributed by atoms with Gasteiger partial charge in [-0.05, 0) is 200 Å². The van der Waals surface area contributed by atoms with Crippen LogP contribution in [0, 0.1) is 11.8 Å². The fourth-order valence-electron chi connectivity index (χ4n) is 10.9. The molecule has 2 bridgehead atoms. The van der Waals surface area contributed by atoms with Crippen LogP contribution in [0.15, 0.2) is 195 Å². The molecule has 1 unspecified atom stereocenters. The van der Waals surface area contributed by atoms with E-state index in [1.807, 2.05) is 125 Å². The number of thiazole rings is 2. The van der Waals surface area contributed by atoms with Crippen LogP contribution in [0.2, 0.25) is 0 Å². The number of unbranched alkanes of at least 4 members (excludes halogenated alkanes) is 1. The molecular formula is C90H129N7O11S2Y-2. The Kier molecular flexibility index (Phi) is 53.5. The van der Waals surface area contributed by atoms with E-state index in [9.17, 15) is 33.9 Å². The molecule has 4 heterocycles. The first-order valence-electron chi connectivity index (χ1n) is 38.2. The standard InChI is InChI=1S/C32H46N2O2S.C30H43N3O4.C28H40N2O5S.Y/c1-26(18-19-27(2)20-21-34(6)7)14-12-17-31-33-29(25-37-31)15-8-9-16-30(36)24-32(4,5)23-28(3)13-10-11-22-35;1-22(16-17-33(5)6)14-15-24(3)19-27-20-28-31-21-26(32-28)11-7-8-12-29(34)36-25(4)18-23(2)10-9-13-30(35)37-27;1-8-34-28(33)25-19-36-26(29-25)18-24(17-22(4)13-12-20(2)14-15-30(6)7)35-27(32)11-9-10-21(3)16-23(5)31;/h10-14,18-20,25H,8-9,15-17,21,23-24H2,1-7H3;9-10,13-16,19,21,25,27H,7-8,11-12,17-18,20H2,1-6H3,(H,31,32);9-14,17,19,23-24,31H,8,15-16,18H2,1-7H3;/q-2;;;/b11-10-,19-18+,26-14+,27-20+,28-13+;13-9-,15-14+,22-16+,23-10+,24-19+;11-9-,13-12+,20-14+,21-10+,22-17+;/t;25-,27+;23-,24?;/m.00./s1. The second kappa shape index (κ2) is 58.5. The number of nitrogens with one attached hydrogen (secondary N) is 1. The largest absolute Gasteiger partial charge is 0.462 e. The predicted molar refractivity (Wildman–Crippen MR) is 454 cm³/mol. The van der Waals surface area contributed by atoms with Gasteiger partial charge in [0.15, 0.2) is 5.69 Å². The molecule has 4 atom stereocenters. The minimum atomic E-state index is -0.568. The molecular weight excluding hydrogens is 1510 g/mol. The molecule has 1 radical (unpaired) electrons. The Balaban J connectivity index is 0.000000829. The summed E-state index contributed by atoms with van der Waals surface area (Å²) < 4.78 is 22.0. The average molecular weight is 1640 g/mol. The number of hydrogen-bond donors (Lipinski definition) is 2. The van der Waals surface area contributed by atoms with E-state index in [0.717, 1.165) is 127 Å². The number of aliphatic hydroxyl groups excluding tert-OH is 1. The number of aromatic amines is 1. The third kappa shape index (κ3) is 53.3. The molecule has 3 aromatic rings. The summed E-state index contributed by atoms with van der Waals surface area (Å²) in [6.45, 7) is 30.7. The zero-order chi connectivity index (χ0) is 82.0. The first kappa shape index (κ1) is 102. The number of ether oxygens (including phenoxy) is 4. The van der Waals surface area contributed by atoms with Gasteiger partial charge in [0.25, 0.3) is 0 Å². The monoisotopic (exact) mass is 1640 g/mol. The molecule has 0 spiro atoms. The smallest absolute Gasteiger partial charge is 0.357 e. The second-order valence-corrected chi connectivity index (χ2v) is 31.7. The molecule has 2 N–H and O–H groups in total. The van der Waals surface area contributed by atoms with Crippen molar-refractivity contribution in [2.45, 2.75) is 218 Å². The number of H-pyrrole nitrogens is 1. The van der Waals surface area contributed by atoms with E-state index in [2.05, 4.69) is 133 Å². The Morgan fingerprint density at radius 2 is 1.37 bits per heavy atom. The summed E-state index contributed by atoms with van der Waals surface area (Å²) in [6, 6.07) is 0. The number of imidazole rings is 1. The van der Waals surface area contributed by atoms with Gasteiger partial charge in [0.2, 0.25) is 0 Å². The number of likely N-dealkylation sites (N-methyl/N-ethyl adjacent to an activating group) is 3. The van der Waals surface area contributed by atoms with Crippen molar-refractivity contribution < 1.29 is 85.5 Å². The Labute approximate surface area is 699 Å². The van der Waals surface area contributed by atoms with Crippen molar-refractivity contribution >= 4 is 58.6 Å². The van der Waals surface area contributed by atoms with Gasteiger partial charge in [-0.1, -0.05) is 131 Å². The number of rotatable bonds is 37. The SMILES string of the molecule is CC(/C=C/C(C)=C/CN(C)C)=C\[CH-]Cc1nc(CCCCC(=O)CC(C)(C)C/C(C)=C/C=C\[C-]=O)cs1.CC(/C=C/C(C)=C/[C@@H]1Cc2ncc([nH]2)CCCCC(=O)O[C@@H](C)C/C(C)=C/C=C\C(=O)O1)=C\CN(C)C.CCOC(=O)c1csc(CC(/C=C(C)/C=C/C(C)=C/CN(C)C)OC(=O)/C=C\C=C(/C)C[C@H](C)O)n1.[Y]. The summed E-state index contributed by atoms with van der Waals surface area (Å²) in [4.78, 5) is 95.3. The van der Waals surface area contributed by atoms with Crippen molar-refractivity contribution in [3.8, 4) is 0 Å². The summed E-state index contributed by atoms with van der Waals surface area (Å²) in [6.07, 6.45) is 54.0. The molecule has 111 heavy (non-hydrogen) atoms. The zero-order valence-corrected chi connectivity index (χ0v) is 74.8. The maximum Gasteiger partial charge on any atom is 0.357 e. The normalized spacial score (nSPS) is 17.5. The quantitative estimate of drug-likeness (QED) is 0.0137. The number of aryl methyl sites for hydroxylation is 2. The van der Waals surface area contributed by atoms with E-state index in [-0.39, 0.29) is 62.5 Å². The molecule has 1 aliphatic heterocycles. The fourth-order valence-corrected chi connectivity index (χ4v) is 12.5. The second-order valence-electron chi connectivity index (χ2n) is 29.9. The van der Waals surface area contributed by atoms with E-state index in [1.54, 1.807) is 61.2 Å². The van der Waals surface area contributed by atoms with Crippen LogP contribution in [0.3, 0.4) is 0 Å². The molecule has 4 rings (SSSR count). The number of aromatic nitrogens is 4. The van der Waals surface area contributed by atoms with Crippen molar-refractivity contribution in [2.75, 3.05) is 68.5 Å². The Hall–Kier alpha value is -7.40. The number of cyclic esters (lactones) is 2. The minimum Gasteiger partial charge on any atom is -0.462 e. The van der Waals surface area contributed by atoms with Crippen molar-refractivity contribution in [1.29, 1.82) is 0 Å². The zero-order valence-electron chi connectivity index (χ0n) is 70.3. The van der Waals surface area contributed by atoms with E-state index in [4.69, 9.17) is 23.9 Å². The molecule has 0 aliphatic carbocycles. The summed E-state index contributed by atoms with van der Waals surface area (Å²) in [7, 11) is 12.2. The average Bonchev–Trinajstić information content (AvgIpc) is 1.83. The van der Waals surface area contributed by atoms with Crippen molar-refractivity contribution in [2.24, 2.45) is 5.41 Å². The summed E-state index contributed by atoms with van der Waals surface area (Å²) in [5, 5.41) is 15.1. The van der Waals surface area contributed by atoms with Crippen LogP contribution in [0.5, 0.6) is 0 Å². The Bertz CT molecular complexity index is 3810. The number of hydrogen-bond acceptors (Lipinski definition) is 19. The van der Waals surface area contributed by atoms with Gasteiger partial charge >= 0.3 is 23.9 Å². The molecule has 0 amide bonds. The summed E-state index contributed by atoms with van der Waals surface area (Å²) >= 11 is 3.04. The molecule has 21 heteroatoms. The van der Waals surface area contributed by atoms with Gasteiger partial charge < -0.3 is 48.5 Å². The molecule has 3 aromatic heterocycles. The van der Waals surface area contributed by atoms with Crippen LogP contribution in [0.4, 0.5) is 0 Å². The third-order valence-electron chi connectivity index (χ3n) is 16.3. The van der Waals surface area contributed by atoms with Gasteiger partial charge in [-0.25, -0.2) is 47.9 Å². The molecule has 0 saturated heterocycles. The number of esters is 4. The molecule has 607 valence electrons. The van der Waals surface area contributed by atoms with Crippen molar-refractivity contribution in [1.82, 2.24) is 34.6 Å². The fraction of sp³-hybridized carbons (Fsp3) is 0.489. The number of fused-ring (bicyclic) bond motifs is 2. The van der Waals surface area contributed by atoms with E-state index in [1.165, 1.54) is 46.3 Å². The maximum absolute atomic E-state index is 12.6. The van der Waals surface area contributed by atoms with Crippen LogP contribution in [0.1, 0.15) is 199 Å². The first-order valence-corrected chi connectivity index (χ1v) is 40.0. The van der Waals surface area contributed by atoms with Gasteiger partial charge in [-0.3, -0.25) is 9.59 Å². The molecule has 18 nitrogen and oxygen atoms in total. The predicted octanol–water partition coefficient (Wildman–Crippen LogP) is 18.1. The molecule has 0 fully saturated rings. The number of aliphatic hydroxyl groups is 1. The number of carbonyl (C=O) groups is 5. The number of allylic oxidation sites excluding steroid dienone is 21. The van der Waals surface area contributed by atoms with Gasteiger partial charge in [-0.15, -0.1) is 41.7 Å². The Morgan fingerprint density at radius 3 is 1.99 bits per heavy atom. The maximum atomic E-state index is 12.6. The van der Waals surface area contributed by atoms with Crippen LogP contribution < -0.4 is 0 Å². The van der Waals surface area contributed by atoms with Crippen LogP contribution >= 0.6 is 22.7 Å². The van der Waals surface area contributed by atoms with Gasteiger partial charge in [0.1, 0.15) is 29.9 Å². The van der Waals surface area contributed by atoms with E-state index < -0.39 is 36.2 Å². The number of carbonyl (C=O) groups excluding carboxylic acids is 6. The molecule has 0 aromatic carbocycles. The topological polar surface area (TPSA) is 224 Å². The number of ketones is 1. The van der Waals surface area contributed by atoms with Crippen molar-refractivity contribution in [3.63, 3.8) is 0 Å². The third-order valence-corrected chi connectivity index (χ3v) is 18.1. The van der Waals surface area contributed by atoms with E-state index >= 15 is 0 Å². The van der Waals surface area contributed by atoms with Crippen LogP contribution in [0.25, 0.3) is 0 Å². The summed E-state index contributed by atoms with van der Waals surface area (Å²) in [5.41, 5.74) is 12.2. The number of Topliss-reactive ketones (excluding diaryl/α,β-unsaturated/α-hetero) is 1. The van der Waals surface area contributed by atoms with Crippen molar-refractivity contribution in [3.05, 3.63) is 234 Å². The van der Waals surface area contributed by atoms with Crippen LogP contribution in [-0.4, -0.2) is 169 Å².